The first-order chi connectivity index (χ1) is 5.55. The van der Waals surface area contributed by atoms with Crippen LogP contribution >= 0.6 is 0 Å². The summed E-state index contributed by atoms with van der Waals surface area (Å²) < 4.78 is 13.2. The number of rotatable bonds is 3. The molecule has 0 fully saturated rings. The number of Topliss-reactive ketones (excluding diaryl/α,β-unsaturated/α-hetero) is 1. The van der Waals surface area contributed by atoms with Crippen molar-refractivity contribution in [3.63, 3.8) is 0 Å². The maximum atomic E-state index is 13.2. The monoisotopic (exact) mass is 187 g/mol. The molecule has 13 heavy (non-hydrogen) atoms. The van der Waals surface area contributed by atoms with E-state index in [4.69, 9.17) is 5.41 Å². The van der Waals surface area contributed by atoms with Crippen LogP contribution in [0.3, 0.4) is 0 Å². The Balaban J connectivity index is 4.34. The van der Waals surface area contributed by atoms with Crippen LogP contribution in [0.2, 0.25) is 0 Å². The lowest BCUT2D eigenvalue weighted by atomic mass is 9.85. The zero-order valence-electron chi connectivity index (χ0n) is 8.99. The molecule has 0 aliphatic rings. The lowest BCUT2D eigenvalue weighted by Crippen LogP contribution is -2.31. The Kier molecular flexibility index (Phi) is 3.36. The molecule has 0 atom stereocenters. The van der Waals surface area contributed by atoms with Gasteiger partial charge in [0.15, 0.2) is 0 Å². The zero-order chi connectivity index (χ0) is 10.9. The van der Waals surface area contributed by atoms with E-state index < -0.39 is 11.1 Å². The molecule has 0 unspecified atom stereocenters. The Hall–Kier alpha value is -0.730. The molecule has 0 aromatic carbocycles. The lowest BCUT2D eigenvalue weighted by molar-refractivity contribution is -0.125. The van der Waals surface area contributed by atoms with Crippen molar-refractivity contribution in [3.8, 4) is 0 Å². The third kappa shape index (κ3) is 4.15. The summed E-state index contributed by atoms with van der Waals surface area (Å²) in [5.74, 6) is -0.0942. The highest BCUT2D eigenvalue weighted by Crippen LogP contribution is 2.20. The molecule has 0 bridgehead atoms. The molecule has 76 valence electrons. The number of halogens is 1. The molecule has 0 saturated heterocycles. The second kappa shape index (κ2) is 3.56. The average Bonchev–Trinajstić information content (AvgIpc) is 1.82. The predicted molar refractivity (Wildman–Crippen MR) is 52.0 cm³/mol. The first kappa shape index (κ1) is 12.3. The molecule has 0 aliphatic heterocycles. The molecular formula is C10H18FNO. The largest absolute Gasteiger partial charge is 0.306 e. The van der Waals surface area contributed by atoms with Gasteiger partial charge in [0.05, 0.1) is 5.71 Å². The third-order valence-corrected chi connectivity index (χ3v) is 1.89. The van der Waals surface area contributed by atoms with E-state index >= 15 is 0 Å². The van der Waals surface area contributed by atoms with Gasteiger partial charge in [0, 0.05) is 11.8 Å². The fourth-order valence-corrected chi connectivity index (χ4v) is 0.636. The number of alkyl halides is 1. The number of ketones is 1. The molecule has 0 aromatic rings. The maximum absolute atomic E-state index is 13.2. The minimum absolute atomic E-state index is 0.0903. The van der Waals surface area contributed by atoms with E-state index in [1.54, 1.807) is 20.8 Å². The van der Waals surface area contributed by atoms with Crippen LogP contribution in [0.1, 0.15) is 41.0 Å². The van der Waals surface area contributed by atoms with Crippen LogP contribution in [0, 0.1) is 10.8 Å². The fraction of sp³-hybridized carbons (Fsp3) is 0.800. The topological polar surface area (TPSA) is 40.9 Å². The standard InChI is InChI=1S/C10H18FNO/c1-9(2,3)8(13)6-7(12)10(4,5)11/h12H,6H2,1-5H3. The molecule has 0 aliphatic carbocycles. The van der Waals surface area contributed by atoms with Crippen molar-refractivity contribution in [2.24, 2.45) is 5.41 Å². The van der Waals surface area contributed by atoms with Gasteiger partial charge in [-0.2, -0.15) is 0 Å². The van der Waals surface area contributed by atoms with Gasteiger partial charge >= 0.3 is 0 Å². The minimum atomic E-state index is -1.68. The summed E-state index contributed by atoms with van der Waals surface area (Å²) in [7, 11) is 0. The van der Waals surface area contributed by atoms with E-state index in [1.807, 2.05) is 0 Å². The highest BCUT2D eigenvalue weighted by Gasteiger charge is 2.29. The summed E-state index contributed by atoms with van der Waals surface area (Å²) in [5, 5.41) is 7.35. The summed E-state index contributed by atoms with van der Waals surface area (Å²) in [6, 6.07) is 0. The van der Waals surface area contributed by atoms with Crippen molar-refractivity contribution >= 4 is 11.5 Å². The second-order valence-corrected chi connectivity index (χ2v) is 4.80. The van der Waals surface area contributed by atoms with Crippen molar-refractivity contribution in [1.82, 2.24) is 0 Å². The third-order valence-electron chi connectivity index (χ3n) is 1.89. The van der Waals surface area contributed by atoms with Crippen LogP contribution in [-0.2, 0) is 4.79 Å². The Bertz CT molecular complexity index is 196. The quantitative estimate of drug-likeness (QED) is 0.678. The highest BCUT2D eigenvalue weighted by atomic mass is 19.1. The normalized spacial score (nSPS) is 12.8. The van der Waals surface area contributed by atoms with Crippen LogP contribution in [-0.4, -0.2) is 17.2 Å². The van der Waals surface area contributed by atoms with Crippen molar-refractivity contribution in [2.45, 2.75) is 46.7 Å². The Labute approximate surface area is 79.0 Å². The van der Waals surface area contributed by atoms with Crippen LogP contribution in [0.15, 0.2) is 0 Å². The van der Waals surface area contributed by atoms with Gasteiger partial charge in [-0.3, -0.25) is 4.79 Å². The summed E-state index contributed by atoms with van der Waals surface area (Å²) in [4.78, 5) is 11.4. The molecular weight excluding hydrogens is 169 g/mol. The average molecular weight is 187 g/mol. The zero-order valence-corrected chi connectivity index (χ0v) is 8.99. The predicted octanol–water partition coefficient (Wildman–Crippen LogP) is 2.76. The Morgan fingerprint density at radius 1 is 1.23 bits per heavy atom. The first-order valence-corrected chi connectivity index (χ1v) is 4.35. The Morgan fingerprint density at radius 2 is 1.62 bits per heavy atom. The van der Waals surface area contributed by atoms with Crippen LogP contribution in [0.25, 0.3) is 0 Å². The van der Waals surface area contributed by atoms with Gasteiger partial charge in [-0.05, 0) is 13.8 Å². The molecule has 0 saturated carbocycles. The number of carbonyl (C=O) groups is 1. The SMILES string of the molecule is CC(C)(C)C(=O)CC(=N)C(C)(C)F. The van der Waals surface area contributed by atoms with Gasteiger partial charge in [0.2, 0.25) is 0 Å². The molecule has 0 amide bonds. The smallest absolute Gasteiger partial charge is 0.143 e. The van der Waals surface area contributed by atoms with Crippen LogP contribution < -0.4 is 0 Å². The van der Waals surface area contributed by atoms with Crippen molar-refractivity contribution in [1.29, 1.82) is 5.41 Å². The Morgan fingerprint density at radius 3 is 1.85 bits per heavy atom. The molecule has 2 nitrogen and oxygen atoms in total. The molecule has 3 heteroatoms. The highest BCUT2D eigenvalue weighted by molar-refractivity contribution is 6.05. The number of nitrogens with one attached hydrogen (secondary N) is 1. The molecule has 0 rings (SSSR count). The summed E-state index contributed by atoms with van der Waals surface area (Å²) in [6.45, 7) is 7.91. The maximum Gasteiger partial charge on any atom is 0.143 e. The van der Waals surface area contributed by atoms with Crippen LogP contribution in [0.5, 0.6) is 0 Å². The molecule has 0 spiro atoms. The van der Waals surface area contributed by atoms with E-state index in [0.717, 1.165) is 0 Å². The van der Waals surface area contributed by atoms with Crippen LogP contribution in [0.4, 0.5) is 4.39 Å². The van der Waals surface area contributed by atoms with Gasteiger partial charge in [-0.15, -0.1) is 0 Å². The van der Waals surface area contributed by atoms with Gasteiger partial charge in [-0.25, -0.2) is 4.39 Å². The van der Waals surface area contributed by atoms with E-state index in [-0.39, 0.29) is 17.9 Å². The van der Waals surface area contributed by atoms with Gasteiger partial charge in [0.25, 0.3) is 0 Å². The molecule has 0 aromatic heterocycles. The minimum Gasteiger partial charge on any atom is -0.306 e. The number of carbonyl (C=O) groups excluding carboxylic acids is 1. The first-order valence-electron chi connectivity index (χ1n) is 4.35. The summed E-state index contributed by atoms with van der Waals surface area (Å²) in [5.41, 5.74) is -2.31. The number of hydrogen-bond acceptors (Lipinski definition) is 2. The molecule has 1 N–H and O–H groups in total. The van der Waals surface area contributed by atoms with E-state index in [2.05, 4.69) is 0 Å². The van der Waals surface area contributed by atoms with Crippen molar-refractivity contribution in [2.75, 3.05) is 0 Å². The van der Waals surface area contributed by atoms with E-state index in [0.29, 0.717) is 0 Å². The van der Waals surface area contributed by atoms with Crippen molar-refractivity contribution < 1.29 is 9.18 Å². The van der Waals surface area contributed by atoms with Crippen molar-refractivity contribution in [3.05, 3.63) is 0 Å². The molecule has 0 radical (unpaired) electrons. The second-order valence-electron chi connectivity index (χ2n) is 4.80. The summed E-state index contributed by atoms with van der Waals surface area (Å²) in [6.07, 6.45) is -0.0903. The molecule has 0 heterocycles. The van der Waals surface area contributed by atoms with E-state index in [9.17, 15) is 9.18 Å². The van der Waals surface area contributed by atoms with Gasteiger partial charge in [-0.1, -0.05) is 20.8 Å². The lowest BCUT2D eigenvalue weighted by Gasteiger charge is -2.20. The summed E-state index contributed by atoms with van der Waals surface area (Å²) >= 11 is 0. The van der Waals surface area contributed by atoms with Gasteiger partial charge < -0.3 is 5.41 Å². The number of hydrogen-bond donors (Lipinski definition) is 1. The van der Waals surface area contributed by atoms with E-state index in [1.165, 1.54) is 13.8 Å². The van der Waals surface area contributed by atoms with Gasteiger partial charge in [0.1, 0.15) is 11.5 Å². The fourth-order valence-electron chi connectivity index (χ4n) is 0.636.